The van der Waals surface area contributed by atoms with Crippen LogP contribution in [0.25, 0.3) is 16.9 Å². The van der Waals surface area contributed by atoms with Gasteiger partial charge in [0.1, 0.15) is 0 Å². The summed E-state index contributed by atoms with van der Waals surface area (Å²) in [5.74, 6) is -2.71. The first-order valence-corrected chi connectivity index (χ1v) is 10.8. The van der Waals surface area contributed by atoms with E-state index >= 15 is 0 Å². The Kier molecular flexibility index (Phi) is 6.03. The topological polar surface area (TPSA) is 78.9 Å². The highest BCUT2D eigenvalue weighted by Gasteiger charge is 2.22. The number of rotatable bonds is 6. The van der Waals surface area contributed by atoms with Gasteiger partial charge < -0.3 is 4.57 Å². The summed E-state index contributed by atoms with van der Waals surface area (Å²) in [7, 11) is 0. The largest absolute Gasteiger partial charge is 0.337 e. The van der Waals surface area contributed by atoms with Crippen LogP contribution in [0, 0.1) is 31.4 Å². The second-order valence-electron chi connectivity index (χ2n) is 8.81. The summed E-state index contributed by atoms with van der Waals surface area (Å²) < 4.78 is 30.8. The first-order valence-electron chi connectivity index (χ1n) is 10.8. The molecule has 2 heterocycles. The van der Waals surface area contributed by atoms with E-state index < -0.39 is 28.7 Å². The fraction of sp³-hybridized carbons (Fsp3) is 0.280. The molecule has 0 atom stereocenters. The Labute approximate surface area is 193 Å². The molecule has 176 valence electrons. The minimum atomic E-state index is -1.13. The van der Waals surface area contributed by atoms with E-state index in [1.54, 1.807) is 6.07 Å². The molecule has 4 rings (SSSR count). The van der Waals surface area contributed by atoms with Gasteiger partial charge in [-0.3, -0.25) is 14.2 Å². The van der Waals surface area contributed by atoms with Gasteiger partial charge in [-0.05, 0) is 49.6 Å². The number of hydrogen-bond donors (Lipinski definition) is 0. The van der Waals surface area contributed by atoms with E-state index in [1.165, 1.54) is 21.5 Å². The molecule has 0 aliphatic carbocycles. The number of ketones is 1. The quantitative estimate of drug-likeness (QED) is 0.405. The molecular weight excluding hydrogens is 442 g/mol. The Morgan fingerprint density at radius 3 is 2.41 bits per heavy atom. The third-order valence-corrected chi connectivity index (χ3v) is 5.60. The lowest BCUT2D eigenvalue weighted by Gasteiger charge is -2.15. The normalized spacial score (nSPS) is 11.5. The monoisotopic (exact) mass is 466 g/mol. The smallest absolute Gasteiger partial charge is 0.317 e. The van der Waals surface area contributed by atoms with Crippen LogP contribution in [0.2, 0.25) is 0 Å². The van der Waals surface area contributed by atoms with E-state index in [-0.39, 0.29) is 35.7 Å². The fourth-order valence-electron chi connectivity index (χ4n) is 4.01. The molecule has 0 unspecified atom stereocenters. The van der Waals surface area contributed by atoms with E-state index in [9.17, 15) is 23.2 Å². The third-order valence-electron chi connectivity index (χ3n) is 5.60. The number of halogens is 2. The molecule has 0 N–H and O–H groups in total. The summed E-state index contributed by atoms with van der Waals surface area (Å²) in [4.78, 5) is 43.9. The van der Waals surface area contributed by atoms with Gasteiger partial charge in [0.05, 0.1) is 18.6 Å². The Hall–Kier alpha value is -3.88. The van der Waals surface area contributed by atoms with Gasteiger partial charge in [-0.15, -0.1) is 0 Å². The number of fused-ring (bicyclic) bond motifs is 1. The molecule has 0 radical (unpaired) electrons. The van der Waals surface area contributed by atoms with Gasteiger partial charge in [-0.2, -0.15) is 0 Å². The Bertz CT molecular complexity index is 1550. The van der Waals surface area contributed by atoms with Crippen molar-refractivity contribution in [2.75, 3.05) is 0 Å². The number of aromatic nitrogens is 4. The van der Waals surface area contributed by atoms with Gasteiger partial charge in [0.2, 0.25) is 0 Å². The number of benzene rings is 2. The lowest BCUT2D eigenvalue weighted by molar-refractivity contribution is 0.0972. The number of hydrogen-bond acceptors (Lipinski definition) is 4. The van der Waals surface area contributed by atoms with Crippen LogP contribution in [-0.2, 0) is 13.1 Å². The van der Waals surface area contributed by atoms with Crippen LogP contribution < -0.4 is 11.2 Å². The standard InChI is InChI=1S/C25H24F2N4O3/c1-14(2)11-30-24(33)22-23(31(25(30)34)20-8-5-15(3)9-16(20)4)28-13-29(22)12-21(32)17-6-7-18(26)19(27)10-17/h5-10,13-14H,11-12H2,1-4H3. The van der Waals surface area contributed by atoms with E-state index in [4.69, 9.17) is 0 Å². The first kappa shape index (κ1) is 23.3. The molecule has 9 heteroatoms. The molecule has 2 aromatic carbocycles. The zero-order chi connectivity index (χ0) is 24.7. The molecule has 0 fully saturated rings. The maximum Gasteiger partial charge on any atom is 0.337 e. The molecule has 0 saturated heterocycles. The van der Waals surface area contributed by atoms with Crippen molar-refractivity contribution < 1.29 is 13.6 Å². The molecule has 0 saturated carbocycles. The van der Waals surface area contributed by atoms with Crippen LogP contribution in [0.4, 0.5) is 8.78 Å². The Morgan fingerprint density at radius 1 is 1.03 bits per heavy atom. The Balaban J connectivity index is 1.94. The average molecular weight is 466 g/mol. The van der Waals surface area contributed by atoms with Crippen molar-refractivity contribution in [2.45, 2.75) is 40.8 Å². The number of carbonyl (C=O) groups is 1. The lowest BCUT2D eigenvalue weighted by atomic mass is 10.1. The second kappa shape index (κ2) is 8.81. The number of carbonyl (C=O) groups excluding carboxylic acids is 1. The van der Waals surface area contributed by atoms with Crippen LogP contribution >= 0.6 is 0 Å². The van der Waals surface area contributed by atoms with Gasteiger partial charge in [0.25, 0.3) is 5.56 Å². The number of imidazole rings is 1. The number of nitrogens with zero attached hydrogens (tertiary/aromatic N) is 4. The van der Waals surface area contributed by atoms with Crippen LogP contribution in [0.1, 0.15) is 35.3 Å². The summed E-state index contributed by atoms with van der Waals surface area (Å²) >= 11 is 0. The van der Waals surface area contributed by atoms with Crippen molar-refractivity contribution in [3.63, 3.8) is 0 Å². The summed E-state index contributed by atoms with van der Waals surface area (Å²) in [5, 5.41) is 0. The molecule has 4 aromatic rings. The summed E-state index contributed by atoms with van der Waals surface area (Å²) in [5.41, 5.74) is 1.51. The SMILES string of the molecule is Cc1ccc(-n2c(=O)n(CC(C)C)c(=O)c3c2ncn3CC(=O)c2ccc(F)c(F)c2)c(C)c1. The van der Waals surface area contributed by atoms with Crippen molar-refractivity contribution >= 4 is 16.9 Å². The number of Topliss-reactive ketones (excluding diaryl/α,β-unsaturated/α-hetero) is 1. The van der Waals surface area contributed by atoms with Crippen molar-refractivity contribution in [1.29, 1.82) is 0 Å². The van der Waals surface area contributed by atoms with Gasteiger partial charge in [-0.1, -0.05) is 31.5 Å². The van der Waals surface area contributed by atoms with Crippen molar-refractivity contribution in [2.24, 2.45) is 5.92 Å². The first-order chi connectivity index (χ1) is 16.1. The minimum Gasteiger partial charge on any atom is -0.317 e. The van der Waals surface area contributed by atoms with Crippen molar-refractivity contribution in [1.82, 2.24) is 18.7 Å². The van der Waals surface area contributed by atoms with Gasteiger partial charge in [0, 0.05) is 12.1 Å². The maximum atomic E-state index is 13.6. The molecular formula is C25H24F2N4O3. The van der Waals surface area contributed by atoms with Crippen LogP contribution in [-0.4, -0.2) is 24.5 Å². The second-order valence-corrected chi connectivity index (χ2v) is 8.81. The molecule has 34 heavy (non-hydrogen) atoms. The third kappa shape index (κ3) is 4.09. The van der Waals surface area contributed by atoms with E-state index in [0.717, 1.165) is 27.8 Å². The summed E-state index contributed by atoms with van der Waals surface area (Å²) in [6.45, 7) is 7.43. The summed E-state index contributed by atoms with van der Waals surface area (Å²) in [6.07, 6.45) is 1.31. The van der Waals surface area contributed by atoms with E-state index in [1.807, 2.05) is 39.8 Å². The van der Waals surface area contributed by atoms with Crippen molar-refractivity contribution in [3.05, 3.63) is 91.9 Å². The molecule has 2 aromatic heterocycles. The molecule has 7 nitrogen and oxygen atoms in total. The van der Waals surface area contributed by atoms with Gasteiger partial charge in [-0.25, -0.2) is 23.1 Å². The summed E-state index contributed by atoms with van der Waals surface area (Å²) in [6, 6.07) is 8.46. The van der Waals surface area contributed by atoms with E-state index in [0.29, 0.717) is 5.69 Å². The Morgan fingerprint density at radius 2 is 1.76 bits per heavy atom. The van der Waals surface area contributed by atoms with Gasteiger partial charge in [0.15, 0.2) is 28.6 Å². The van der Waals surface area contributed by atoms with Crippen LogP contribution in [0.5, 0.6) is 0 Å². The van der Waals surface area contributed by atoms with Crippen LogP contribution in [0.15, 0.2) is 52.3 Å². The molecule has 0 bridgehead atoms. The highest BCUT2D eigenvalue weighted by atomic mass is 19.2. The highest BCUT2D eigenvalue weighted by molar-refractivity contribution is 5.96. The maximum absolute atomic E-state index is 13.6. The molecule has 0 aliphatic rings. The molecule has 0 aliphatic heterocycles. The number of aryl methyl sites for hydroxylation is 2. The molecule has 0 amide bonds. The zero-order valence-electron chi connectivity index (χ0n) is 19.3. The highest BCUT2D eigenvalue weighted by Crippen LogP contribution is 2.19. The predicted octanol–water partition coefficient (Wildman–Crippen LogP) is 3.78. The average Bonchev–Trinajstić information content (AvgIpc) is 3.17. The fourth-order valence-corrected chi connectivity index (χ4v) is 4.01. The zero-order valence-corrected chi connectivity index (χ0v) is 19.3. The van der Waals surface area contributed by atoms with E-state index in [2.05, 4.69) is 4.98 Å². The minimum absolute atomic E-state index is 0.00982. The predicted molar refractivity (Wildman–Crippen MR) is 125 cm³/mol. The van der Waals surface area contributed by atoms with Crippen LogP contribution in [0.3, 0.4) is 0 Å². The lowest BCUT2D eigenvalue weighted by Crippen LogP contribution is -2.41. The molecule has 0 spiro atoms. The van der Waals surface area contributed by atoms with Crippen molar-refractivity contribution in [3.8, 4) is 5.69 Å². The van der Waals surface area contributed by atoms with Gasteiger partial charge >= 0.3 is 5.69 Å².